The second-order valence-corrected chi connectivity index (χ2v) is 5.07. The summed E-state index contributed by atoms with van der Waals surface area (Å²) in [6.45, 7) is 2.10. The third-order valence-corrected chi connectivity index (χ3v) is 3.16. The molecule has 1 atom stereocenters. The van der Waals surface area contributed by atoms with Gasteiger partial charge in [0.15, 0.2) is 0 Å². The number of nitrogens with one attached hydrogen (secondary N) is 1. The second-order valence-electron chi connectivity index (χ2n) is 5.07. The lowest BCUT2D eigenvalue weighted by atomic mass is 10.2. The Bertz CT molecular complexity index is 650. The van der Waals surface area contributed by atoms with E-state index in [9.17, 15) is 9.59 Å². The zero-order chi connectivity index (χ0) is 15.4. The highest BCUT2D eigenvalue weighted by Crippen LogP contribution is 2.09. The van der Waals surface area contributed by atoms with Gasteiger partial charge in [0, 0.05) is 20.5 Å². The second kappa shape index (κ2) is 6.34. The number of benzene rings is 1. The predicted molar refractivity (Wildman–Crippen MR) is 78.4 cm³/mol. The number of hydrogen-bond acceptors (Lipinski definition) is 4. The van der Waals surface area contributed by atoms with Crippen LogP contribution in [0.1, 0.15) is 13.3 Å². The lowest BCUT2D eigenvalue weighted by Gasteiger charge is -2.17. The van der Waals surface area contributed by atoms with Crippen molar-refractivity contribution in [2.24, 2.45) is 0 Å². The van der Waals surface area contributed by atoms with Gasteiger partial charge in [-0.2, -0.15) is 0 Å². The zero-order valence-electron chi connectivity index (χ0n) is 12.4. The minimum atomic E-state index is -0.528. The number of nitrogens with zero attached hydrogens (tertiary/aromatic N) is 4. The number of rotatable bonds is 5. The van der Waals surface area contributed by atoms with Crippen LogP contribution in [0.3, 0.4) is 0 Å². The summed E-state index contributed by atoms with van der Waals surface area (Å²) in [5.74, 6) is -0.313. The van der Waals surface area contributed by atoms with E-state index < -0.39 is 6.04 Å². The molecule has 2 rings (SSSR count). The van der Waals surface area contributed by atoms with Gasteiger partial charge in [0.05, 0.1) is 12.1 Å². The Balaban J connectivity index is 1.91. The summed E-state index contributed by atoms with van der Waals surface area (Å²) >= 11 is 0. The maximum atomic E-state index is 11.9. The van der Waals surface area contributed by atoms with Gasteiger partial charge in [-0.3, -0.25) is 9.59 Å². The van der Waals surface area contributed by atoms with Crippen molar-refractivity contribution < 1.29 is 9.59 Å². The summed E-state index contributed by atoms with van der Waals surface area (Å²) in [6.07, 6.45) is 0.248. The quantitative estimate of drug-likeness (QED) is 0.865. The van der Waals surface area contributed by atoms with E-state index in [2.05, 4.69) is 15.6 Å². The highest BCUT2D eigenvalue weighted by Gasteiger charge is 2.17. The van der Waals surface area contributed by atoms with Gasteiger partial charge >= 0.3 is 0 Å². The van der Waals surface area contributed by atoms with Gasteiger partial charge in [-0.05, 0) is 19.1 Å². The number of carbonyl (C=O) groups is 2. The molecule has 0 radical (unpaired) electrons. The Labute approximate surface area is 122 Å². The smallest absolute Gasteiger partial charge is 0.244 e. The number of aryl methyl sites for hydroxylation is 1. The molecule has 1 aromatic carbocycles. The number of likely N-dealkylation sites (N-methyl/N-ethyl adjacent to an activating group) is 1. The minimum absolute atomic E-state index is 0.130. The van der Waals surface area contributed by atoms with Crippen molar-refractivity contribution in [2.45, 2.75) is 25.9 Å². The van der Waals surface area contributed by atoms with E-state index in [0.717, 1.165) is 11.0 Å². The van der Waals surface area contributed by atoms with Crippen LogP contribution in [0.5, 0.6) is 0 Å². The van der Waals surface area contributed by atoms with Crippen LogP contribution < -0.4 is 5.32 Å². The van der Waals surface area contributed by atoms with Crippen LogP contribution in [0.25, 0.3) is 11.0 Å². The molecule has 0 bridgehead atoms. The highest BCUT2D eigenvalue weighted by molar-refractivity contribution is 5.87. The van der Waals surface area contributed by atoms with E-state index in [1.54, 1.807) is 25.7 Å². The third-order valence-electron chi connectivity index (χ3n) is 3.16. The Morgan fingerprint density at radius 3 is 2.76 bits per heavy atom. The van der Waals surface area contributed by atoms with Crippen LogP contribution in [0.4, 0.5) is 0 Å². The van der Waals surface area contributed by atoms with Gasteiger partial charge in [-0.25, -0.2) is 4.68 Å². The molecule has 2 amide bonds. The Morgan fingerprint density at radius 2 is 2.05 bits per heavy atom. The van der Waals surface area contributed by atoms with Crippen molar-refractivity contribution in [1.82, 2.24) is 25.2 Å². The average Bonchev–Trinajstić information content (AvgIpc) is 2.87. The van der Waals surface area contributed by atoms with E-state index in [1.165, 1.54) is 4.90 Å². The molecular formula is C14H19N5O2. The average molecular weight is 289 g/mol. The minimum Gasteiger partial charge on any atom is -0.347 e. The molecule has 0 saturated carbocycles. The van der Waals surface area contributed by atoms with Crippen molar-refractivity contribution >= 4 is 22.8 Å². The maximum Gasteiger partial charge on any atom is 0.244 e. The van der Waals surface area contributed by atoms with E-state index in [1.807, 2.05) is 24.3 Å². The topological polar surface area (TPSA) is 80.1 Å². The fraction of sp³-hybridized carbons (Fsp3) is 0.429. The van der Waals surface area contributed by atoms with Gasteiger partial charge in [0.2, 0.25) is 11.8 Å². The summed E-state index contributed by atoms with van der Waals surface area (Å²) in [5, 5.41) is 10.7. The van der Waals surface area contributed by atoms with Gasteiger partial charge < -0.3 is 10.2 Å². The molecule has 1 N–H and O–H groups in total. The predicted octanol–water partition coefficient (Wildman–Crippen LogP) is 0.414. The van der Waals surface area contributed by atoms with E-state index in [0.29, 0.717) is 6.54 Å². The largest absolute Gasteiger partial charge is 0.347 e. The molecule has 0 spiro atoms. The molecule has 7 heteroatoms. The van der Waals surface area contributed by atoms with Gasteiger partial charge in [-0.1, -0.05) is 17.3 Å². The fourth-order valence-electron chi connectivity index (χ4n) is 2.05. The molecule has 7 nitrogen and oxygen atoms in total. The third kappa shape index (κ3) is 3.56. The molecule has 0 aliphatic heterocycles. The van der Waals surface area contributed by atoms with Gasteiger partial charge in [0.25, 0.3) is 0 Å². The lowest BCUT2D eigenvalue weighted by molar-refractivity contribution is -0.134. The molecular weight excluding hydrogens is 270 g/mol. The van der Waals surface area contributed by atoms with Crippen molar-refractivity contribution in [3.05, 3.63) is 24.3 Å². The van der Waals surface area contributed by atoms with Crippen LogP contribution >= 0.6 is 0 Å². The molecule has 21 heavy (non-hydrogen) atoms. The molecule has 1 unspecified atom stereocenters. The van der Waals surface area contributed by atoms with E-state index >= 15 is 0 Å². The Morgan fingerprint density at radius 1 is 1.33 bits per heavy atom. The first-order chi connectivity index (χ1) is 9.99. The van der Waals surface area contributed by atoms with Crippen LogP contribution in [-0.2, 0) is 16.1 Å². The first-order valence-electron chi connectivity index (χ1n) is 6.78. The standard InChI is InChI=1S/C14H19N5O2/c1-10(14(21)18(2)3)15-13(20)8-9-19-12-7-5-4-6-11(12)16-17-19/h4-7,10H,8-9H2,1-3H3,(H,15,20). The van der Waals surface area contributed by atoms with Gasteiger partial charge in [0.1, 0.15) is 11.6 Å². The van der Waals surface area contributed by atoms with E-state index in [-0.39, 0.29) is 18.2 Å². The number of amides is 2. The molecule has 0 aliphatic rings. The molecule has 0 aliphatic carbocycles. The number of para-hydroxylation sites is 1. The van der Waals surface area contributed by atoms with Crippen molar-refractivity contribution in [3.8, 4) is 0 Å². The maximum absolute atomic E-state index is 11.9. The summed E-state index contributed by atoms with van der Waals surface area (Å²) < 4.78 is 1.69. The van der Waals surface area contributed by atoms with E-state index in [4.69, 9.17) is 0 Å². The Hall–Kier alpha value is -2.44. The van der Waals surface area contributed by atoms with Crippen LogP contribution in [0.2, 0.25) is 0 Å². The SMILES string of the molecule is CC(NC(=O)CCn1nnc2ccccc21)C(=O)N(C)C. The molecule has 112 valence electrons. The first kappa shape index (κ1) is 15.0. The van der Waals surface area contributed by atoms with Crippen LogP contribution in [0.15, 0.2) is 24.3 Å². The monoisotopic (exact) mass is 289 g/mol. The summed E-state index contributed by atoms with van der Waals surface area (Å²) in [6, 6.07) is 7.05. The molecule has 1 heterocycles. The number of hydrogen-bond donors (Lipinski definition) is 1. The van der Waals surface area contributed by atoms with Crippen LogP contribution in [-0.4, -0.2) is 51.8 Å². The molecule has 0 fully saturated rings. The summed E-state index contributed by atoms with van der Waals surface area (Å²) in [5.41, 5.74) is 1.69. The molecule has 1 aromatic heterocycles. The number of aromatic nitrogens is 3. The van der Waals surface area contributed by atoms with Crippen molar-refractivity contribution in [2.75, 3.05) is 14.1 Å². The highest BCUT2D eigenvalue weighted by atomic mass is 16.2. The molecule has 2 aromatic rings. The fourth-order valence-corrected chi connectivity index (χ4v) is 2.05. The zero-order valence-corrected chi connectivity index (χ0v) is 12.4. The summed E-state index contributed by atoms with van der Waals surface area (Å²) in [7, 11) is 3.32. The van der Waals surface area contributed by atoms with Gasteiger partial charge in [-0.15, -0.1) is 5.10 Å². The number of carbonyl (C=O) groups excluding carboxylic acids is 2. The number of fused-ring (bicyclic) bond motifs is 1. The summed E-state index contributed by atoms with van der Waals surface area (Å²) in [4.78, 5) is 25.0. The van der Waals surface area contributed by atoms with Crippen molar-refractivity contribution in [1.29, 1.82) is 0 Å². The first-order valence-corrected chi connectivity index (χ1v) is 6.78. The molecule has 0 saturated heterocycles. The normalized spacial score (nSPS) is 12.1. The van der Waals surface area contributed by atoms with Crippen LogP contribution in [0, 0.1) is 0 Å². The lowest BCUT2D eigenvalue weighted by Crippen LogP contribution is -2.44. The Kier molecular flexibility index (Phi) is 4.52. The van der Waals surface area contributed by atoms with Crippen molar-refractivity contribution in [3.63, 3.8) is 0 Å².